The number of nitrogens with zero attached hydrogens (tertiary/aromatic N) is 1. The van der Waals surface area contributed by atoms with Crippen LogP contribution in [0.15, 0.2) is 60.8 Å². The van der Waals surface area contributed by atoms with Crippen molar-refractivity contribution in [1.82, 2.24) is 0 Å². The Morgan fingerprint density at radius 3 is 1.04 bits per heavy atom. The molecule has 0 aliphatic carbocycles. The van der Waals surface area contributed by atoms with Gasteiger partial charge in [0.25, 0.3) is 0 Å². The van der Waals surface area contributed by atoms with Crippen LogP contribution < -0.4 is 5.11 Å². The number of carboxylic acid groups (broad SMARTS) is 1. The minimum atomic E-state index is -1.62. The number of hydrogen-bond donors (Lipinski definition) is 0. The number of esters is 2. The molecule has 0 N–H and O–H groups in total. The Morgan fingerprint density at radius 1 is 0.385 bits per heavy atom. The molecule has 0 aromatic heterocycles. The summed E-state index contributed by atoms with van der Waals surface area (Å²) in [6.07, 6.45) is 74.5. The van der Waals surface area contributed by atoms with Crippen molar-refractivity contribution >= 4 is 17.9 Å². The molecule has 2 atom stereocenters. The van der Waals surface area contributed by atoms with E-state index in [4.69, 9.17) is 18.9 Å². The number of carboxylic acids is 1. The molecule has 2 unspecified atom stereocenters. The van der Waals surface area contributed by atoms with E-state index in [1.165, 1.54) is 199 Å². The molecule has 0 bridgehead atoms. The van der Waals surface area contributed by atoms with Crippen LogP contribution in [0.3, 0.4) is 0 Å². The number of likely N-dealkylation sites (N-methyl/N-ethyl adjacent to an activating group) is 1. The van der Waals surface area contributed by atoms with Crippen molar-refractivity contribution in [2.45, 2.75) is 315 Å². The number of unbranched alkanes of at least 4 members (excludes halogenated alkanes) is 36. The largest absolute Gasteiger partial charge is 0.545 e. The second-order valence-electron chi connectivity index (χ2n) is 23.4. The fourth-order valence-electron chi connectivity index (χ4n) is 9.40. The number of carbonyl (C=O) groups excluding carboxylic acids is 3. The van der Waals surface area contributed by atoms with Crippen molar-refractivity contribution in [2.24, 2.45) is 0 Å². The maximum atomic E-state index is 12.9. The highest BCUT2D eigenvalue weighted by Crippen LogP contribution is 2.17. The van der Waals surface area contributed by atoms with Crippen LogP contribution in [-0.2, 0) is 33.3 Å². The van der Waals surface area contributed by atoms with Crippen molar-refractivity contribution in [3.05, 3.63) is 60.8 Å². The number of hydrogen-bond acceptors (Lipinski definition) is 8. The number of rotatable bonds is 61. The van der Waals surface area contributed by atoms with Gasteiger partial charge in [0.05, 0.1) is 40.3 Å². The molecule has 0 radical (unpaired) electrons. The van der Waals surface area contributed by atoms with Crippen LogP contribution in [-0.4, -0.2) is 82.3 Å². The van der Waals surface area contributed by atoms with E-state index in [9.17, 15) is 19.5 Å². The minimum Gasteiger partial charge on any atom is -0.545 e. The quantitative estimate of drug-likeness (QED) is 0.0195. The number of quaternary nitrogens is 1. The standard InChI is InChI=1S/C69H125NO8/c1-6-8-10-12-14-16-18-20-22-24-25-26-27-28-29-30-31-32-33-34-35-36-37-38-39-40-41-42-43-44-46-48-50-52-54-56-58-60-67(72)78-65(64-77-69(68(73)74)75-62-61-70(3,4)5)63-76-66(71)59-57-55-53-51-49-47-45-23-21-19-17-15-13-11-9-7-2/h17-20,23-25,27-28,45,65,69H,6-16,21-22,26,29-44,46-64H2,1-5H3/b19-17-,20-18-,25-24-,28-27-,45-23-. The van der Waals surface area contributed by atoms with Crippen LogP contribution in [0.5, 0.6) is 0 Å². The van der Waals surface area contributed by atoms with Crippen LogP contribution in [0, 0.1) is 0 Å². The Bertz CT molecular complexity index is 1460. The third-order valence-corrected chi connectivity index (χ3v) is 14.5. The van der Waals surface area contributed by atoms with Crippen molar-refractivity contribution in [3.8, 4) is 0 Å². The van der Waals surface area contributed by atoms with E-state index < -0.39 is 24.3 Å². The highest BCUT2D eigenvalue weighted by Gasteiger charge is 2.22. The Hall–Kier alpha value is -3.01. The van der Waals surface area contributed by atoms with Gasteiger partial charge < -0.3 is 33.3 Å². The summed E-state index contributed by atoms with van der Waals surface area (Å²) in [6.45, 7) is 4.73. The number of allylic oxidation sites excluding steroid dienone is 10. The molecule has 0 heterocycles. The molecule has 454 valence electrons. The number of aliphatic carboxylic acids is 1. The van der Waals surface area contributed by atoms with Gasteiger partial charge in [-0.3, -0.25) is 9.59 Å². The summed E-state index contributed by atoms with van der Waals surface area (Å²) in [4.78, 5) is 37.3. The molecule has 0 aliphatic heterocycles. The zero-order valence-corrected chi connectivity index (χ0v) is 51.8. The molecule has 0 spiro atoms. The molecule has 78 heavy (non-hydrogen) atoms. The van der Waals surface area contributed by atoms with Crippen molar-refractivity contribution in [2.75, 3.05) is 47.5 Å². The van der Waals surface area contributed by atoms with Crippen LogP contribution in [0.1, 0.15) is 303 Å². The predicted molar refractivity (Wildman–Crippen MR) is 329 cm³/mol. The predicted octanol–water partition coefficient (Wildman–Crippen LogP) is 18.6. The van der Waals surface area contributed by atoms with Gasteiger partial charge in [-0.05, 0) is 83.5 Å². The maximum absolute atomic E-state index is 12.9. The van der Waals surface area contributed by atoms with Gasteiger partial charge in [-0.2, -0.15) is 0 Å². The molecule has 9 heteroatoms. The van der Waals surface area contributed by atoms with E-state index in [1.54, 1.807) is 0 Å². The maximum Gasteiger partial charge on any atom is 0.306 e. The topological polar surface area (TPSA) is 111 Å². The molecule has 0 saturated carbocycles. The molecular weight excluding hydrogens is 971 g/mol. The fourth-order valence-corrected chi connectivity index (χ4v) is 9.40. The van der Waals surface area contributed by atoms with E-state index >= 15 is 0 Å². The van der Waals surface area contributed by atoms with Gasteiger partial charge in [0, 0.05) is 12.8 Å². The zero-order chi connectivity index (χ0) is 56.9. The van der Waals surface area contributed by atoms with Crippen molar-refractivity contribution in [3.63, 3.8) is 0 Å². The highest BCUT2D eigenvalue weighted by atomic mass is 16.7. The monoisotopic (exact) mass is 1100 g/mol. The lowest BCUT2D eigenvalue weighted by Gasteiger charge is -2.26. The molecule has 0 aliphatic rings. The van der Waals surface area contributed by atoms with E-state index in [1.807, 2.05) is 21.1 Å². The van der Waals surface area contributed by atoms with Gasteiger partial charge in [-0.15, -0.1) is 0 Å². The van der Waals surface area contributed by atoms with Crippen LogP contribution >= 0.6 is 0 Å². The Balaban J connectivity index is 4.02. The Morgan fingerprint density at radius 2 is 0.692 bits per heavy atom. The lowest BCUT2D eigenvalue weighted by atomic mass is 10.0. The summed E-state index contributed by atoms with van der Waals surface area (Å²) in [7, 11) is 5.92. The first-order valence-electron chi connectivity index (χ1n) is 32.9. The molecule has 0 rings (SSSR count). The Kier molecular flexibility index (Phi) is 57.8. The molecule has 0 saturated heterocycles. The first-order valence-corrected chi connectivity index (χ1v) is 32.9. The summed E-state index contributed by atoms with van der Waals surface area (Å²) in [5.41, 5.74) is 0. The highest BCUT2D eigenvalue weighted by molar-refractivity contribution is 5.70. The average Bonchev–Trinajstić information content (AvgIpc) is 3.41. The van der Waals surface area contributed by atoms with E-state index in [2.05, 4.69) is 74.6 Å². The first-order chi connectivity index (χ1) is 38.1. The molecule has 0 aromatic carbocycles. The summed E-state index contributed by atoms with van der Waals surface area (Å²) in [6, 6.07) is 0. The number of ether oxygens (including phenoxy) is 4. The van der Waals surface area contributed by atoms with Gasteiger partial charge >= 0.3 is 11.9 Å². The van der Waals surface area contributed by atoms with Gasteiger partial charge in [0.2, 0.25) is 0 Å². The molecule has 0 aromatic rings. The van der Waals surface area contributed by atoms with E-state index in [0.29, 0.717) is 17.4 Å². The molecule has 0 fully saturated rings. The minimum absolute atomic E-state index is 0.145. The van der Waals surface area contributed by atoms with Gasteiger partial charge in [-0.1, -0.05) is 267 Å². The summed E-state index contributed by atoms with van der Waals surface area (Å²) >= 11 is 0. The first kappa shape index (κ1) is 75.0. The summed E-state index contributed by atoms with van der Waals surface area (Å²) < 4.78 is 22.7. The second-order valence-corrected chi connectivity index (χ2v) is 23.4. The smallest absolute Gasteiger partial charge is 0.306 e. The van der Waals surface area contributed by atoms with Crippen molar-refractivity contribution in [1.29, 1.82) is 0 Å². The second kappa shape index (κ2) is 60.1. The lowest BCUT2D eigenvalue weighted by molar-refractivity contribution is -0.870. The lowest BCUT2D eigenvalue weighted by Crippen LogP contribution is -2.44. The van der Waals surface area contributed by atoms with Gasteiger partial charge in [0.1, 0.15) is 13.2 Å². The SMILES string of the molecule is CCCCCC/C=C\C/C=C\CCCCCCCC(=O)OCC(COC(OCC[N+](C)(C)C)C(=O)[O-])OC(=O)CCCCCCCCCCCCCCCCCCCCCCCC/C=C\C/C=C\C/C=C\CCCCCCC. The van der Waals surface area contributed by atoms with Crippen LogP contribution in [0.25, 0.3) is 0 Å². The van der Waals surface area contributed by atoms with Gasteiger partial charge in [-0.25, -0.2) is 0 Å². The Labute approximate surface area is 482 Å². The normalized spacial score (nSPS) is 13.1. The molecule has 0 amide bonds. The number of carbonyl (C=O) groups is 3. The summed E-state index contributed by atoms with van der Waals surface area (Å²) in [5.74, 6) is -2.29. The fraction of sp³-hybridized carbons (Fsp3) is 0.812. The van der Waals surface area contributed by atoms with Crippen LogP contribution in [0.4, 0.5) is 0 Å². The van der Waals surface area contributed by atoms with E-state index in [0.717, 1.165) is 70.6 Å². The summed E-state index contributed by atoms with van der Waals surface area (Å²) in [5, 5.41) is 11.8. The third-order valence-electron chi connectivity index (χ3n) is 14.5. The van der Waals surface area contributed by atoms with Crippen molar-refractivity contribution < 1.29 is 42.9 Å². The molecular formula is C69H125NO8. The van der Waals surface area contributed by atoms with E-state index in [-0.39, 0.29) is 38.6 Å². The zero-order valence-electron chi connectivity index (χ0n) is 51.8. The molecule has 9 nitrogen and oxygen atoms in total. The van der Waals surface area contributed by atoms with Crippen LogP contribution in [0.2, 0.25) is 0 Å². The third kappa shape index (κ3) is 60.6. The average molecular weight is 1100 g/mol. The van der Waals surface area contributed by atoms with Gasteiger partial charge in [0.15, 0.2) is 12.4 Å².